The summed E-state index contributed by atoms with van der Waals surface area (Å²) in [7, 11) is 0. The molecule has 4 heterocycles. The molecular formula is C56H26N4O. The summed E-state index contributed by atoms with van der Waals surface area (Å²) in [5.74, 6) is 1.06. The predicted molar refractivity (Wildman–Crippen MR) is 254 cm³/mol. The third-order valence-corrected chi connectivity index (χ3v) is 14.9. The van der Waals surface area contributed by atoms with Crippen molar-refractivity contribution in [2.75, 3.05) is 0 Å². The van der Waals surface area contributed by atoms with Crippen molar-refractivity contribution in [3.8, 4) is 11.4 Å². The topological polar surface area (TPSA) is 52.2 Å². The molecule has 0 amide bonds. The number of benzene rings is 13. The molecule has 0 spiro atoms. The monoisotopic (exact) mass is 770 g/mol. The van der Waals surface area contributed by atoms with E-state index >= 15 is 0 Å². The van der Waals surface area contributed by atoms with E-state index in [1.807, 2.05) is 30.3 Å². The maximum Gasteiger partial charge on any atom is 0.264 e. The number of hydrogen-bond acceptors (Lipinski definition) is 3. The highest BCUT2D eigenvalue weighted by atomic mass is 16.1. The zero-order valence-electron chi connectivity index (χ0n) is 32.3. The van der Waals surface area contributed by atoms with E-state index in [9.17, 15) is 4.79 Å². The molecule has 3 aromatic heterocycles. The summed E-state index contributed by atoms with van der Waals surface area (Å²) in [6.07, 6.45) is 0. The lowest BCUT2D eigenvalue weighted by atomic mass is 9.80. The second-order valence-electron chi connectivity index (χ2n) is 17.5. The minimum absolute atomic E-state index is 0.0173. The molecule has 1 aliphatic rings. The van der Waals surface area contributed by atoms with E-state index < -0.39 is 0 Å². The average molecular weight is 771 g/mol. The molecule has 5 nitrogen and oxygen atoms in total. The summed E-state index contributed by atoms with van der Waals surface area (Å²) in [5, 5.41) is 27.0. The lowest BCUT2D eigenvalue weighted by molar-refractivity contribution is 0.831. The van der Waals surface area contributed by atoms with Gasteiger partial charge in [0.25, 0.3) is 5.56 Å². The Morgan fingerprint density at radius 3 is 1.30 bits per heavy atom. The highest BCUT2D eigenvalue weighted by Crippen LogP contribution is 2.52. The first-order valence-electron chi connectivity index (χ1n) is 21.1. The molecule has 276 valence electrons. The van der Waals surface area contributed by atoms with Crippen LogP contribution in [0.1, 0.15) is 5.56 Å². The van der Waals surface area contributed by atoms with Crippen LogP contribution in [0.15, 0.2) is 150 Å². The zero-order valence-corrected chi connectivity index (χ0v) is 32.3. The number of imidazole rings is 2. The summed E-state index contributed by atoms with van der Waals surface area (Å²) < 4.78 is 4.18. The SMILES string of the molecule is O=c1c2ccc3c4ccc5c6ccc7c8ccc9c%10c(ccc(c%11ccc(c%12ccc(c%13ccc(c2c3%13)c2nc3ccccc3n12)c4c5%12)c6c7%11)c%108)-c1nc2ccccc2n1C9. The van der Waals surface area contributed by atoms with Crippen molar-refractivity contribution in [1.29, 1.82) is 0 Å². The number of fused-ring (bicyclic) bond motifs is 14. The summed E-state index contributed by atoms with van der Waals surface area (Å²) in [6.45, 7) is 0.816. The van der Waals surface area contributed by atoms with Gasteiger partial charge in [0.1, 0.15) is 11.5 Å². The van der Waals surface area contributed by atoms with Crippen molar-refractivity contribution >= 4 is 146 Å². The van der Waals surface area contributed by atoms with Gasteiger partial charge >= 0.3 is 0 Å². The Morgan fingerprint density at radius 2 is 0.754 bits per heavy atom. The van der Waals surface area contributed by atoms with Crippen LogP contribution < -0.4 is 5.56 Å². The smallest absolute Gasteiger partial charge is 0.264 e. The third-order valence-electron chi connectivity index (χ3n) is 14.9. The van der Waals surface area contributed by atoms with E-state index in [1.54, 1.807) is 4.40 Å². The summed E-state index contributed by atoms with van der Waals surface area (Å²) in [5.41, 5.74) is 7.18. The molecule has 1 aliphatic heterocycles. The van der Waals surface area contributed by atoms with Gasteiger partial charge in [-0.15, -0.1) is 0 Å². The Labute approximate surface area is 343 Å². The van der Waals surface area contributed by atoms with Gasteiger partial charge in [-0.1, -0.05) is 103 Å². The van der Waals surface area contributed by atoms with Crippen LogP contribution in [0.3, 0.4) is 0 Å². The molecule has 0 radical (unpaired) electrons. The van der Waals surface area contributed by atoms with Crippen LogP contribution in [0.25, 0.3) is 158 Å². The first kappa shape index (κ1) is 30.0. The van der Waals surface area contributed by atoms with Crippen LogP contribution in [0, 0.1) is 0 Å². The number of para-hydroxylation sites is 4. The Hall–Kier alpha value is -8.15. The van der Waals surface area contributed by atoms with Crippen molar-refractivity contribution in [3.05, 3.63) is 162 Å². The van der Waals surface area contributed by atoms with Crippen LogP contribution in [-0.4, -0.2) is 18.9 Å². The van der Waals surface area contributed by atoms with Gasteiger partial charge in [-0.05, 0) is 150 Å². The van der Waals surface area contributed by atoms with Crippen molar-refractivity contribution in [1.82, 2.24) is 18.9 Å². The van der Waals surface area contributed by atoms with Crippen molar-refractivity contribution < 1.29 is 0 Å². The quantitative estimate of drug-likeness (QED) is 0.114. The lowest BCUT2D eigenvalue weighted by Gasteiger charge is -2.24. The molecular weight excluding hydrogens is 745 g/mol. The lowest BCUT2D eigenvalue weighted by Crippen LogP contribution is -2.13. The van der Waals surface area contributed by atoms with E-state index in [0.717, 1.165) is 56.1 Å². The fourth-order valence-corrected chi connectivity index (χ4v) is 12.6. The number of aromatic nitrogens is 4. The predicted octanol–water partition coefficient (Wildman–Crippen LogP) is 13.7. The molecule has 16 aromatic rings. The number of nitrogens with zero attached hydrogens (tertiary/aromatic N) is 4. The molecule has 0 N–H and O–H groups in total. The molecule has 0 saturated heterocycles. The van der Waals surface area contributed by atoms with Gasteiger partial charge in [-0.2, -0.15) is 0 Å². The highest BCUT2D eigenvalue weighted by Gasteiger charge is 2.27. The maximum atomic E-state index is 14.3. The molecule has 13 aromatic carbocycles. The molecule has 0 bridgehead atoms. The van der Waals surface area contributed by atoms with E-state index in [1.165, 1.54) is 114 Å². The first-order chi connectivity index (χ1) is 30.2. The van der Waals surface area contributed by atoms with Crippen molar-refractivity contribution in [3.63, 3.8) is 0 Å². The maximum absolute atomic E-state index is 14.3. The Balaban J connectivity index is 0.987. The van der Waals surface area contributed by atoms with E-state index in [0.29, 0.717) is 0 Å². The molecule has 0 atom stereocenters. The zero-order chi connectivity index (χ0) is 39.1. The van der Waals surface area contributed by atoms with Crippen molar-refractivity contribution in [2.24, 2.45) is 0 Å². The van der Waals surface area contributed by atoms with Gasteiger partial charge in [-0.3, -0.25) is 9.20 Å². The molecule has 61 heavy (non-hydrogen) atoms. The van der Waals surface area contributed by atoms with Crippen LogP contribution in [0.2, 0.25) is 0 Å². The summed E-state index contributed by atoms with van der Waals surface area (Å²) >= 11 is 0. The number of rotatable bonds is 0. The highest BCUT2D eigenvalue weighted by molar-refractivity contribution is 6.47. The third kappa shape index (κ3) is 3.16. The molecule has 0 saturated carbocycles. The van der Waals surface area contributed by atoms with Gasteiger partial charge in [0.15, 0.2) is 0 Å². The minimum atomic E-state index is -0.0173. The fourth-order valence-electron chi connectivity index (χ4n) is 12.6. The van der Waals surface area contributed by atoms with Gasteiger partial charge < -0.3 is 4.57 Å². The van der Waals surface area contributed by atoms with Gasteiger partial charge in [0, 0.05) is 21.7 Å². The van der Waals surface area contributed by atoms with Crippen LogP contribution in [0.5, 0.6) is 0 Å². The fraction of sp³-hybridized carbons (Fsp3) is 0.0179. The average Bonchev–Trinajstić information content (AvgIpc) is 3.89. The Morgan fingerprint density at radius 1 is 0.361 bits per heavy atom. The first-order valence-corrected chi connectivity index (χ1v) is 21.1. The van der Waals surface area contributed by atoms with E-state index in [-0.39, 0.29) is 5.56 Å². The minimum Gasteiger partial charge on any atom is -0.319 e. The summed E-state index contributed by atoms with van der Waals surface area (Å²) in [4.78, 5) is 24.5. The second kappa shape index (κ2) is 9.65. The number of pyridine rings is 1. The normalized spacial score (nSPS) is 13.6. The molecule has 17 rings (SSSR count). The van der Waals surface area contributed by atoms with Crippen LogP contribution >= 0.6 is 0 Å². The van der Waals surface area contributed by atoms with E-state index in [4.69, 9.17) is 9.97 Å². The molecule has 0 aliphatic carbocycles. The standard InChI is InChI=1S/C56H26N4O/c61-56-41-24-21-38-36-18-16-34-31-13-11-29-27-10-9-26-25-59-44-7-3-1-5-42(44)57-54(59)39-22-19-28(47(27)46(26)39)30-12-14-32(49(31)48(29)30)33-15-17-35(51(36)50(33)34)37-20-23-40(53(41)52(37)38)55-58-43-6-2-4-8-45(43)60(55)56/h1-24H,25H2. The van der Waals surface area contributed by atoms with Crippen molar-refractivity contribution in [2.45, 2.75) is 6.54 Å². The van der Waals surface area contributed by atoms with Gasteiger partial charge in [0.05, 0.1) is 28.6 Å². The molecule has 5 heteroatoms. The van der Waals surface area contributed by atoms with Gasteiger partial charge in [-0.25, -0.2) is 9.97 Å². The number of hydrogen-bond donors (Lipinski definition) is 0. The van der Waals surface area contributed by atoms with Crippen LogP contribution in [0.4, 0.5) is 0 Å². The second-order valence-corrected chi connectivity index (χ2v) is 17.5. The van der Waals surface area contributed by atoms with Gasteiger partial charge in [0.2, 0.25) is 0 Å². The van der Waals surface area contributed by atoms with Crippen LogP contribution in [-0.2, 0) is 6.54 Å². The molecule has 0 fully saturated rings. The Bertz CT molecular complexity index is 4680. The summed E-state index contributed by atoms with van der Waals surface area (Å²) in [6, 6.07) is 53.5. The largest absolute Gasteiger partial charge is 0.319 e. The van der Waals surface area contributed by atoms with E-state index in [2.05, 4.69) is 120 Å². The molecule has 0 unspecified atom stereocenters. The Kier molecular flexibility index (Phi) is 4.74.